The van der Waals surface area contributed by atoms with Crippen LogP contribution in [0.4, 0.5) is 8.78 Å². The number of rotatable bonds is 5. The van der Waals surface area contributed by atoms with Crippen LogP contribution in [0.25, 0.3) is 0 Å². The standard InChI is InChI=1S/C18H20F2N2O2S2/c1-25-16-5-2-14(3-6-16)13-21-8-10-22(11-9-21)26(23,24)18-12-15(19)4-7-17(18)20/h2-7,12H,8-11,13H2,1H3/p+1. The molecular weight excluding hydrogens is 378 g/mol. The maximum absolute atomic E-state index is 13.9. The van der Waals surface area contributed by atoms with Crippen molar-refractivity contribution < 1.29 is 22.1 Å². The van der Waals surface area contributed by atoms with Crippen LogP contribution in [0.15, 0.2) is 52.3 Å². The van der Waals surface area contributed by atoms with Crippen molar-refractivity contribution in [3.8, 4) is 0 Å². The summed E-state index contributed by atoms with van der Waals surface area (Å²) in [6, 6.07) is 10.8. The van der Waals surface area contributed by atoms with Gasteiger partial charge < -0.3 is 4.90 Å². The van der Waals surface area contributed by atoms with Gasteiger partial charge in [-0.25, -0.2) is 17.2 Å². The van der Waals surface area contributed by atoms with Gasteiger partial charge in [-0.3, -0.25) is 0 Å². The summed E-state index contributed by atoms with van der Waals surface area (Å²) in [4.78, 5) is 1.89. The molecule has 0 saturated carbocycles. The van der Waals surface area contributed by atoms with Crippen LogP contribution < -0.4 is 4.90 Å². The van der Waals surface area contributed by atoms with E-state index in [2.05, 4.69) is 24.3 Å². The van der Waals surface area contributed by atoms with E-state index in [-0.39, 0.29) is 13.1 Å². The van der Waals surface area contributed by atoms with Crippen molar-refractivity contribution in [2.24, 2.45) is 0 Å². The molecule has 4 nitrogen and oxygen atoms in total. The topological polar surface area (TPSA) is 41.8 Å². The normalized spacial score (nSPS) is 16.7. The Bertz CT molecular complexity index is 865. The first-order valence-corrected chi connectivity index (χ1v) is 11.0. The summed E-state index contributed by atoms with van der Waals surface area (Å²) >= 11 is 1.69. The summed E-state index contributed by atoms with van der Waals surface area (Å²) in [7, 11) is -4.02. The van der Waals surface area contributed by atoms with Gasteiger partial charge in [0.2, 0.25) is 10.0 Å². The van der Waals surface area contributed by atoms with Crippen molar-refractivity contribution in [2.75, 3.05) is 32.4 Å². The molecule has 0 atom stereocenters. The monoisotopic (exact) mass is 399 g/mol. The zero-order valence-electron chi connectivity index (χ0n) is 14.4. The van der Waals surface area contributed by atoms with Crippen LogP contribution in [0.2, 0.25) is 0 Å². The number of hydrogen-bond acceptors (Lipinski definition) is 3. The Morgan fingerprint density at radius 2 is 1.73 bits per heavy atom. The molecule has 8 heteroatoms. The Labute approximate surface area is 156 Å². The van der Waals surface area contributed by atoms with E-state index < -0.39 is 26.6 Å². The maximum Gasteiger partial charge on any atom is 0.246 e. The second kappa shape index (κ2) is 8.04. The lowest BCUT2D eigenvalue weighted by Gasteiger charge is -2.31. The molecule has 0 aliphatic carbocycles. The molecule has 26 heavy (non-hydrogen) atoms. The van der Waals surface area contributed by atoms with Crippen molar-refractivity contribution in [1.29, 1.82) is 0 Å². The Morgan fingerprint density at radius 1 is 1.08 bits per heavy atom. The number of benzene rings is 2. The summed E-state index contributed by atoms with van der Waals surface area (Å²) in [5.41, 5.74) is 1.20. The number of thioether (sulfide) groups is 1. The van der Waals surface area contributed by atoms with E-state index in [9.17, 15) is 17.2 Å². The second-order valence-electron chi connectivity index (χ2n) is 6.25. The average molecular weight is 400 g/mol. The molecule has 0 radical (unpaired) electrons. The SMILES string of the molecule is CSc1ccc(C[NH+]2CCN(S(=O)(=O)c3cc(F)ccc3F)CC2)cc1. The largest absolute Gasteiger partial charge is 0.329 e. The molecule has 0 bridgehead atoms. The molecule has 2 aromatic carbocycles. The fraction of sp³-hybridized carbons (Fsp3) is 0.333. The fourth-order valence-corrected chi connectivity index (χ4v) is 4.99. The Balaban J connectivity index is 1.64. The Kier molecular flexibility index (Phi) is 5.96. The lowest BCUT2D eigenvalue weighted by atomic mass is 10.2. The number of sulfonamides is 1. The highest BCUT2D eigenvalue weighted by molar-refractivity contribution is 7.98. The highest BCUT2D eigenvalue weighted by atomic mass is 32.2. The van der Waals surface area contributed by atoms with Crippen LogP contribution in [0, 0.1) is 11.6 Å². The predicted molar refractivity (Wildman–Crippen MR) is 97.7 cm³/mol. The van der Waals surface area contributed by atoms with E-state index in [0.717, 1.165) is 24.7 Å². The van der Waals surface area contributed by atoms with Gasteiger partial charge in [-0.1, -0.05) is 12.1 Å². The van der Waals surface area contributed by atoms with Gasteiger partial charge in [-0.2, -0.15) is 4.31 Å². The predicted octanol–water partition coefficient (Wildman–Crippen LogP) is 1.78. The zero-order chi connectivity index (χ0) is 18.7. The van der Waals surface area contributed by atoms with E-state index in [4.69, 9.17) is 0 Å². The van der Waals surface area contributed by atoms with Crippen molar-refractivity contribution in [1.82, 2.24) is 4.31 Å². The quantitative estimate of drug-likeness (QED) is 0.780. The third-order valence-electron chi connectivity index (χ3n) is 4.55. The number of nitrogens with zero attached hydrogens (tertiary/aromatic N) is 1. The van der Waals surface area contributed by atoms with Gasteiger partial charge in [0.15, 0.2) is 0 Å². The first-order valence-electron chi connectivity index (χ1n) is 8.32. The van der Waals surface area contributed by atoms with Crippen LogP contribution >= 0.6 is 11.8 Å². The van der Waals surface area contributed by atoms with E-state index in [0.29, 0.717) is 13.1 Å². The van der Waals surface area contributed by atoms with Gasteiger partial charge in [0.25, 0.3) is 0 Å². The third-order valence-corrected chi connectivity index (χ3v) is 7.21. The van der Waals surface area contributed by atoms with Crippen molar-refractivity contribution in [3.63, 3.8) is 0 Å². The molecule has 1 heterocycles. The fourth-order valence-electron chi connectivity index (χ4n) is 3.07. The van der Waals surface area contributed by atoms with Gasteiger partial charge in [0, 0.05) is 10.5 Å². The molecule has 140 valence electrons. The zero-order valence-corrected chi connectivity index (χ0v) is 16.0. The van der Waals surface area contributed by atoms with Crippen LogP contribution in [-0.4, -0.2) is 45.2 Å². The molecule has 0 unspecified atom stereocenters. The van der Waals surface area contributed by atoms with E-state index in [1.165, 1.54) is 19.7 Å². The van der Waals surface area contributed by atoms with Gasteiger partial charge in [-0.15, -0.1) is 11.8 Å². The number of piperazine rings is 1. The van der Waals surface area contributed by atoms with E-state index >= 15 is 0 Å². The van der Waals surface area contributed by atoms with Crippen molar-refractivity contribution in [2.45, 2.75) is 16.3 Å². The highest BCUT2D eigenvalue weighted by Gasteiger charge is 2.32. The molecule has 3 rings (SSSR count). The molecule has 0 aromatic heterocycles. The van der Waals surface area contributed by atoms with Crippen LogP contribution in [0.3, 0.4) is 0 Å². The summed E-state index contributed by atoms with van der Waals surface area (Å²) in [5.74, 6) is -1.68. The van der Waals surface area contributed by atoms with Crippen molar-refractivity contribution in [3.05, 3.63) is 59.7 Å². The van der Waals surface area contributed by atoms with Gasteiger partial charge >= 0.3 is 0 Å². The number of nitrogens with one attached hydrogen (secondary N) is 1. The van der Waals surface area contributed by atoms with Crippen LogP contribution in [0.1, 0.15) is 5.56 Å². The van der Waals surface area contributed by atoms with Gasteiger partial charge in [0.1, 0.15) is 23.1 Å². The van der Waals surface area contributed by atoms with Gasteiger partial charge in [0.05, 0.1) is 26.2 Å². The minimum Gasteiger partial charge on any atom is -0.329 e. The third kappa shape index (κ3) is 4.25. The summed E-state index contributed by atoms with van der Waals surface area (Å²) in [6.45, 7) is 2.64. The molecule has 1 fully saturated rings. The van der Waals surface area contributed by atoms with Gasteiger partial charge in [-0.05, 0) is 36.6 Å². The highest BCUT2D eigenvalue weighted by Crippen LogP contribution is 2.20. The molecule has 1 aliphatic heterocycles. The molecule has 1 aliphatic rings. The van der Waals surface area contributed by atoms with E-state index in [1.54, 1.807) is 11.8 Å². The number of hydrogen-bond donors (Lipinski definition) is 1. The average Bonchev–Trinajstić information content (AvgIpc) is 2.65. The maximum atomic E-state index is 13.9. The molecule has 1 saturated heterocycles. The van der Waals surface area contributed by atoms with Crippen LogP contribution in [0.5, 0.6) is 0 Å². The molecular formula is C18H21F2N2O2S2+. The summed E-state index contributed by atoms with van der Waals surface area (Å²) in [5, 5.41) is 0. The Morgan fingerprint density at radius 3 is 2.35 bits per heavy atom. The summed E-state index contributed by atoms with van der Waals surface area (Å²) < 4.78 is 53.7. The second-order valence-corrected chi connectivity index (χ2v) is 9.04. The summed E-state index contributed by atoms with van der Waals surface area (Å²) in [6.07, 6.45) is 2.03. The molecule has 0 amide bonds. The lowest BCUT2D eigenvalue weighted by Crippen LogP contribution is -3.13. The smallest absolute Gasteiger partial charge is 0.246 e. The minimum atomic E-state index is -4.02. The first-order chi connectivity index (χ1) is 12.4. The Hall–Kier alpha value is -1.48. The molecule has 0 spiro atoms. The van der Waals surface area contributed by atoms with Crippen LogP contribution in [-0.2, 0) is 16.6 Å². The molecule has 1 N–H and O–H groups in total. The minimum absolute atomic E-state index is 0.288. The first kappa shape index (κ1) is 19.3. The van der Waals surface area contributed by atoms with E-state index in [1.807, 2.05) is 6.26 Å². The lowest BCUT2D eigenvalue weighted by molar-refractivity contribution is -0.917. The van der Waals surface area contributed by atoms with Crippen molar-refractivity contribution >= 4 is 21.8 Å². The number of quaternary nitrogens is 1. The molecule has 2 aromatic rings. The number of halogens is 2.